The van der Waals surface area contributed by atoms with Crippen LogP contribution in [0.5, 0.6) is 0 Å². The molecule has 0 radical (unpaired) electrons. The SMILES string of the molecule is C=C(C)CN[C@@H](C)c1ccc(C)o1. The monoisotopic (exact) mass is 179 g/mol. The Bertz CT molecular complexity index is 288. The molecule has 1 aromatic rings. The maximum Gasteiger partial charge on any atom is 0.120 e. The summed E-state index contributed by atoms with van der Waals surface area (Å²) in [7, 11) is 0. The standard InChI is InChI=1S/C11H17NO/c1-8(2)7-12-10(4)11-6-5-9(3)13-11/h5-6,10,12H,1,7H2,2-4H3/t10-/m0/s1. The molecule has 0 amide bonds. The molecule has 1 N–H and O–H groups in total. The smallest absolute Gasteiger partial charge is 0.120 e. The molecule has 1 atom stereocenters. The van der Waals surface area contributed by atoms with Crippen molar-refractivity contribution in [1.29, 1.82) is 0 Å². The Morgan fingerprint density at radius 1 is 1.62 bits per heavy atom. The summed E-state index contributed by atoms with van der Waals surface area (Å²) in [5.41, 5.74) is 1.13. The van der Waals surface area contributed by atoms with Gasteiger partial charge in [0.15, 0.2) is 0 Å². The normalized spacial score (nSPS) is 12.8. The molecule has 0 saturated carbocycles. The van der Waals surface area contributed by atoms with Gasteiger partial charge >= 0.3 is 0 Å². The van der Waals surface area contributed by atoms with Gasteiger partial charge in [-0.3, -0.25) is 0 Å². The van der Waals surface area contributed by atoms with Crippen LogP contribution < -0.4 is 5.32 Å². The minimum Gasteiger partial charge on any atom is -0.465 e. The number of aryl methyl sites for hydroxylation is 1. The summed E-state index contributed by atoms with van der Waals surface area (Å²) in [4.78, 5) is 0. The van der Waals surface area contributed by atoms with E-state index < -0.39 is 0 Å². The molecule has 1 rings (SSSR count). The molecule has 2 nitrogen and oxygen atoms in total. The van der Waals surface area contributed by atoms with Crippen molar-refractivity contribution in [3.8, 4) is 0 Å². The van der Waals surface area contributed by atoms with E-state index in [9.17, 15) is 0 Å². The molecule has 0 bridgehead atoms. The van der Waals surface area contributed by atoms with Crippen LogP contribution in [-0.2, 0) is 0 Å². The quantitative estimate of drug-likeness (QED) is 0.719. The fraction of sp³-hybridized carbons (Fsp3) is 0.455. The van der Waals surface area contributed by atoms with Gasteiger partial charge in [0.25, 0.3) is 0 Å². The highest BCUT2D eigenvalue weighted by atomic mass is 16.3. The molecule has 1 aromatic heterocycles. The molecule has 72 valence electrons. The lowest BCUT2D eigenvalue weighted by Gasteiger charge is -2.10. The van der Waals surface area contributed by atoms with Crippen molar-refractivity contribution in [2.75, 3.05) is 6.54 Å². The first kappa shape index (κ1) is 10.1. The van der Waals surface area contributed by atoms with Crippen molar-refractivity contribution in [1.82, 2.24) is 5.32 Å². The van der Waals surface area contributed by atoms with E-state index in [0.717, 1.165) is 23.6 Å². The van der Waals surface area contributed by atoms with E-state index in [-0.39, 0.29) is 6.04 Å². The molecule has 2 heteroatoms. The lowest BCUT2D eigenvalue weighted by Crippen LogP contribution is -2.19. The third-order valence-corrected chi connectivity index (χ3v) is 1.90. The first-order chi connectivity index (χ1) is 6.09. The first-order valence-electron chi connectivity index (χ1n) is 4.53. The Labute approximate surface area is 79.6 Å². The van der Waals surface area contributed by atoms with E-state index in [1.165, 1.54) is 0 Å². The number of nitrogens with one attached hydrogen (secondary N) is 1. The van der Waals surface area contributed by atoms with Gasteiger partial charge in [0.2, 0.25) is 0 Å². The van der Waals surface area contributed by atoms with Crippen LogP contribution in [0.15, 0.2) is 28.7 Å². The van der Waals surface area contributed by atoms with Crippen LogP contribution in [0.1, 0.15) is 31.4 Å². The Morgan fingerprint density at radius 3 is 2.77 bits per heavy atom. The lowest BCUT2D eigenvalue weighted by molar-refractivity contribution is 0.424. The van der Waals surface area contributed by atoms with E-state index in [4.69, 9.17) is 4.42 Å². The highest BCUT2D eigenvalue weighted by molar-refractivity contribution is 5.09. The number of hydrogen-bond donors (Lipinski definition) is 1. The molecule has 0 aliphatic heterocycles. The minimum atomic E-state index is 0.255. The maximum absolute atomic E-state index is 5.49. The Balaban J connectivity index is 2.48. The molecular weight excluding hydrogens is 162 g/mol. The maximum atomic E-state index is 5.49. The van der Waals surface area contributed by atoms with Crippen LogP contribution in [0.3, 0.4) is 0 Å². The predicted octanol–water partition coefficient (Wildman–Crippen LogP) is 2.81. The van der Waals surface area contributed by atoms with Gasteiger partial charge in [0.1, 0.15) is 11.5 Å². The topological polar surface area (TPSA) is 25.2 Å². The predicted molar refractivity (Wildman–Crippen MR) is 54.7 cm³/mol. The third-order valence-electron chi connectivity index (χ3n) is 1.90. The molecule has 0 aliphatic carbocycles. The van der Waals surface area contributed by atoms with Crippen LogP contribution in [0, 0.1) is 6.92 Å². The van der Waals surface area contributed by atoms with Crippen molar-refractivity contribution < 1.29 is 4.42 Å². The van der Waals surface area contributed by atoms with Crippen LogP contribution in [0.4, 0.5) is 0 Å². The van der Waals surface area contributed by atoms with Crippen molar-refractivity contribution in [2.45, 2.75) is 26.8 Å². The number of hydrogen-bond acceptors (Lipinski definition) is 2. The van der Waals surface area contributed by atoms with E-state index >= 15 is 0 Å². The van der Waals surface area contributed by atoms with E-state index in [1.807, 2.05) is 26.0 Å². The van der Waals surface area contributed by atoms with E-state index in [2.05, 4.69) is 18.8 Å². The summed E-state index contributed by atoms with van der Waals surface area (Å²) >= 11 is 0. The molecule has 0 aliphatic rings. The zero-order valence-corrected chi connectivity index (χ0v) is 8.55. The van der Waals surface area contributed by atoms with Gasteiger partial charge in [0, 0.05) is 6.54 Å². The lowest BCUT2D eigenvalue weighted by atomic mass is 10.2. The molecule has 0 saturated heterocycles. The van der Waals surface area contributed by atoms with E-state index in [0.29, 0.717) is 0 Å². The first-order valence-corrected chi connectivity index (χ1v) is 4.53. The van der Waals surface area contributed by atoms with Crippen LogP contribution in [0.2, 0.25) is 0 Å². The van der Waals surface area contributed by atoms with Crippen molar-refractivity contribution in [3.63, 3.8) is 0 Å². The van der Waals surface area contributed by atoms with Gasteiger partial charge in [0.05, 0.1) is 6.04 Å². The molecular formula is C11H17NO. The second-order valence-electron chi connectivity index (χ2n) is 3.51. The van der Waals surface area contributed by atoms with Gasteiger partial charge in [-0.25, -0.2) is 0 Å². The fourth-order valence-electron chi connectivity index (χ4n) is 1.11. The molecule has 0 aromatic carbocycles. The summed E-state index contributed by atoms with van der Waals surface area (Å²) < 4.78 is 5.49. The Morgan fingerprint density at radius 2 is 2.31 bits per heavy atom. The van der Waals surface area contributed by atoms with Crippen molar-refractivity contribution in [3.05, 3.63) is 35.8 Å². The van der Waals surface area contributed by atoms with Crippen LogP contribution in [0.25, 0.3) is 0 Å². The average molecular weight is 179 g/mol. The zero-order valence-electron chi connectivity index (χ0n) is 8.55. The van der Waals surface area contributed by atoms with Gasteiger partial charge in [-0.1, -0.05) is 12.2 Å². The molecule has 0 fully saturated rings. The van der Waals surface area contributed by atoms with Gasteiger partial charge in [-0.15, -0.1) is 0 Å². The molecule has 0 unspecified atom stereocenters. The zero-order chi connectivity index (χ0) is 9.84. The largest absolute Gasteiger partial charge is 0.465 e. The molecule has 13 heavy (non-hydrogen) atoms. The third kappa shape index (κ3) is 3.07. The second kappa shape index (κ2) is 4.28. The summed E-state index contributed by atoms with van der Waals surface area (Å²) in [5, 5.41) is 3.32. The molecule has 1 heterocycles. The summed E-state index contributed by atoms with van der Waals surface area (Å²) in [6.45, 7) is 10.7. The van der Waals surface area contributed by atoms with Crippen molar-refractivity contribution >= 4 is 0 Å². The second-order valence-corrected chi connectivity index (χ2v) is 3.51. The van der Waals surface area contributed by atoms with Crippen LogP contribution in [-0.4, -0.2) is 6.54 Å². The Kier molecular flexibility index (Phi) is 3.32. The van der Waals surface area contributed by atoms with Gasteiger partial charge in [-0.2, -0.15) is 0 Å². The fourth-order valence-corrected chi connectivity index (χ4v) is 1.11. The Hall–Kier alpha value is -1.02. The summed E-state index contributed by atoms with van der Waals surface area (Å²) in [6.07, 6.45) is 0. The minimum absolute atomic E-state index is 0.255. The summed E-state index contributed by atoms with van der Waals surface area (Å²) in [5.74, 6) is 1.94. The summed E-state index contributed by atoms with van der Waals surface area (Å²) in [6, 6.07) is 4.24. The average Bonchev–Trinajstić information content (AvgIpc) is 2.47. The number of rotatable bonds is 4. The number of furan rings is 1. The highest BCUT2D eigenvalue weighted by Gasteiger charge is 2.07. The van der Waals surface area contributed by atoms with E-state index in [1.54, 1.807) is 0 Å². The van der Waals surface area contributed by atoms with Crippen molar-refractivity contribution in [2.24, 2.45) is 0 Å². The highest BCUT2D eigenvalue weighted by Crippen LogP contribution is 2.15. The van der Waals surface area contributed by atoms with Gasteiger partial charge < -0.3 is 9.73 Å². The molecule has 0 spiro atoms. The van der Waals surface area contributed by atoms with Crippen LogP contribution >= 0.6 is 0 Å². The van der Waals surface area contributed by atoms with Gasteiger partial charge in [-0.05, 0) is 32.9 Å².